The molecule has 2 fully saturated rings. The maximum absolute atomic E-state index is 12.5. The van der Waals surface area contributed by atoms with Gasteiger partial charge >= 0.3 is 6.09 Å². The summed E-state index contributed by atoms with van der Waals surface area (Å²) < 4.78 is 11.9. The Balaban J connectivity index is 1.18. The Morgan fingerprint density at radius 1 is 1.16 bits per heavy atom. The second-order valence-corrected chi connectivity index (χ2v) is 10.6. The van der Waals surface area contributed by atoms with Gasteiger partial charge in [0.1, 0.15) is 17.5 Å². The van der Waals surface area contributed by atoms with Gasteiger partial charge in [-0.05, 0) is 56.8 Å². The largest absolute Gasteiger partial charge is 0.490 e. The summed E-state index contributed by atoms with van der Waals surface area (Å²) in [6, 6.07) is 6.02. The number of carbonyl (C=O) groups is 1. The highest BCUT2D eigenvalue weighted by atomic mass is 35.5. The SMILES string of the molecule is CC(C)(C)OC(=O)N1Cc2cccc(OC3CC4(C3)CN(c3nc(Cl)nnc3Cl)C4)c2C1. The third-order valence-electron chi connectivity index (χ3n) is 6.16. The van der Waals surface area contributed by atoms with Crippen LogP contribution in [-0.2, 0) is 17.8 Å². The number of halogens is 2. The summed E-state index contributed by atoms with van der Waals surface area (Å²) in [6.45, 7) is 8.37. The van der Waals surface area contributed by atoms with E-state index in [-0.39, 0.29) is 28.0 Å². The number of fused-ring (bicyclic) bond motifs is 1. The van der Waals surface area contributed by atoms with E-state index in [2.05, 4.69) is 20.1 Å². The van der Waals surface area contributed by atoms with Gasteiger partial charge in [0, 0.05) is 30.6 Å². The minimum Gasteiger partial charge on any atom is -0.490 e. The highest BCUT2D eigenvalue weighted by Crippen LogP contribution is 2.51. The molecule has 0 bridgehead atoms. The van der Waals surface area contributed by atoms with Crippen molar-refractivity contribution in [1.82, 2.24) is 20.1 Å². The molecular formula is C22H25Cl2N5O3. The molecule has 1 saturated heterocycles. The van der Waals surface area contributed by atoms with E-state index in [0.29, 0.717) is 18.9 Å². The molecule has 10 heteroatoms. The van der Waals surface area contributed by atoms with Crippen molar-refractivity contribution in [2.75, 3.05) is 18.0 Å². The first-order valence-corrected chi connectivity index (χ1v) is 11.4. The summed E-state index contributed by atoms with van der Waals surface area (Å²) >= 11 is 12.0. The molecular weight excluding hydrogens is 453 g/mol. The topological polar surface area (TPSA) is 80.7 Å². The molecule has 1 aromatic carbocycles. The number of amides is 1. The van der Waals surface area contributed by atoms with Crippen molar-refractivity contribution in [1.29, 1.82) is 0 Å². The molecule has 2 aliphatic heterocycles. The zero-order chi connectivity index (χ0) is 22.7. The Bertz CT molecular complexity index is 1060. The molecule has 0 N–H and O–H groups in total. The summed E-state index contributed by atoms with van der Waals surface area (Å²) in [6.07, 6.45) is 1.79. The second-order valence-electron chi connectivity index (χ2n) is 9.93. The van der Waals surface area contributed by atoms with Crippen LogP contribution in [0, 0.1) is 5.41 Å². The Kier molecular flexibility index (Phi) is 5.13. The van der Waals surface area contributed by atoms with Crippen LogP contribution in [-0.4, -0.2) is 51.0 Å². The van der Waals surface area contributed by atoms with Crippen LogP contribution in [0.2, 0.25) is 10.4 Å². The van der Waals surface area contributed by atoms with Crippen molar-refractivity contribution in [2.24, 2.45) is 5.41 Å². The lowest BCUT2D eigenvalue weighted by Gasteiger charge is -2.58. The number of hydrogen-bond donors (Lipinski definition) is 0. The highest BCUT2D eigenvalue weighted by Gasteiger charge is 2.54. The number of nitrogens with zero attached hydrogens (tertiary/aromatic N) is 5. The van der Waals surface area contributed by atoms with E-state index >= 15 is 0 Å². The molecule has 5 rings (SSSR count). The molecule has 3 heterocycles. The van der Waals surface area contributed by atoms with Crippen LogP contribution in [0.3, 0.4) is 0 Å². The Labute approximate surface area is 196 Å². The monoisotopic (exact) mass is 477 g/mol. The van der Waals surface area contributed by atoms with E-state index in [1.165, 1.54) is 0 Å². The predicted octanol–water partition coefficient (Wildman–Crippen LogP) is 4.48. The van der Waals surface area contributed by atoms with Gasteiger partial charge in [-0.1, -0.05) is 23.7 Å². The molecule has 1 spiro atoms. The molecule has 32 heavy (non-hydrogen) atoms. The van der Waals surface area contributed by atoms with Crippen molar-refractivity contribution in [2.45, 2.75) is 58.4 Å². The fraction of sp³-hybridized carbons (Fsp3) is 0.545. The van der Waals surface area contributed by atoms with Crippen LogP contribution in [0.4, 0.5) is 10.6 Å². The standard InChI is InChI=1S/C22H25Cl2N5O3/c1-21(2,3)32-20(30)28-9-13-5-4-6-16(15(13)10-28)31-14-7-22(8-14)11-29(12-22)18-17(23)26-27-19(24)25-18/h4-6,14H,7-12H2,1-3H3. The van der Waals surface area contributed by atoms with Crippen molar-refractivity contribution in [3.8, 4) is 5.75 Å². The van der Waals surface area contributed by atoms with Gasteiger partial charge in [-0.3, -0.25) is 4.90 Å². The highest BCUT2D eigenvalue weighted by molar-refractivity contribution is 6.32. The first-order chi connectivity index (χ1) is 15.1. The number of benzene rings is 1. The summed E-state index contributed by atoms with van der Waals surface area (Å²) in [7, 11) is 0. The third kappa shape index (κ3) is 4.06. The Morgan fingerprint density at radius 2 is 1.91 bits per heavy atom. The van der Waals surface area contributed by atoms with Gasteiger partial charge in [0.05, 0.1) is 6.54 Å². The van der Waals surface area contributed by atoms with Crippen LogP contribution in [0.5, 0.6) is 5.75 Å². The second kappa shape index (κ2) is 7.63. The molecule has 1 aromatic heterocycles. The Morgan fingerprint density at radius 3 is 2.62 bits per heavy atom. The lowest BCUT2D eigenvalue weighted by atomic mass is 9.61. The number of ether oxygens (including phenoxy) is 2. The summed E-state index contributed by atoms with van der Waals surface area (Å²) in [4.78, 5) is 20.5. The minimum atomic E-state index is -0.514. The molecule has 0 atom stereocenters. The van der Waals surface area contributed by atoms with E-state index in [1.54, 1.807) is 4.90 Å². The summed E-state index contributed by atoms with van der Waals surface area (Å²) in [5, 5.41) is 7.86. The molecule has 8 nitrogen and oxygen atoms in total. The number of rotatable bonds is 3. The zero-order valence-electron chi connectivity index (χ0n) is 18.3. The average molecular weight is 478 g/mol. The van der Waals surface area contributed by atoms with Crippen molar-refractivity contribution in [3.63, 3.8) is 0 Å². The number of carbonyl (C=O) groups excluding carboxylic acids is 1. The summed E-state index contributed by atoms with van der Waals surface area (Å²) in [5.74, 6) is 1.45. The fourth-order valence-electron chi connectivity index (χ4n) is 4.78. The van der Waals surface area contributed by atoms with Crippen LogP contribution in [0.15, 0.2) is 18.2 Å². The van der Waals surface area contributed by atoms with E-state index in [9.17, 15) is 4.79 Å². The first kappa shape index (κ1) is 21.5. The number of anilines is 1. The predicted molar refractivity (Wildman–Crippen MR) is 120 cm³/mol. The molecule has 1 amide bonds. The summed E-state index contributed by atoms with van der Waals surface area (Å²) in [5.41, 5.74) is 1.88. The third-order valence-corrected chi connectivity index (χ3v) is 6.57. The smallest absolute Gasteiger partial charge is 0.410 e. The van der Waals surface area contributed by atoms with Crippen LogP contribution >= 0.6 is 23.2 Å². The van der Waals surface area contributed by atoms with Gasteiger partial charge in [-0.2, -0.15) is 4.98 Å². The van der Waals surface area contributed by atoms with Crippen LogP contribution in [0.25, 0.3) is 0 Å². The maximum atomic E-state index is 12.5. The van der Waals surface area contributed by atoms with Crippen LogP contribution < -0.4 is 9.64 Å². The van der Waals surface area contributed by atoms with Crippen LogP contribution in [0.1, 0.15) is 44.7 Å². The molecule has 0 unspecified atom stereocenters. The molecule has 3 aliphatic rings. The van der Waals surface area contributed by atoms with E-state index in [1.807, 2.05) is 39.0 Å². The van der Waals surface area contributed by atoms with Gasteiger partial charge in [0.2, 0.25) is 5.28 Å². The quantitative estimate of drug-likeness (QED) is 0.644. The van der Waals surface area contributed by atoms with E-state index in [0.717, 1.165) is 42.8 Å². The van der Waals surface area contributed by atoms with E-state index in [4.69, 9.17) is 32.7 Å². The lowest BCUT2D eigenvalue weighted by Crippen LogP contribution is -2.65. The van der Waals surface area contributed by atoms with Gasteiger partial charge < -0.3 is 14.4 Å². The average Bonchev–Trinajstić information content (AvgIpc) is 3.09. The normalized spacial score (nSPS) is 19.4. The van der Waals surface area contributed by atoms with Crippen molar-refractivity contribution >= 4 is 35.1 Å². The molecule has 0 radical (unpaired) electrons. The fourth-order valence-corrected chi connectivity index (χ4v) is 5.10. The minimum absolute atomic E-state index is 0.0959. The maximum Gasteiger partial charge on any atom is 0.410 e. The lowest BCUT2D eigenvalue weighted by molar-refractivity contribution is -0.0348. The number of aromatic nitrogens is 3. The van der Waals surface area contributed by atoms with Gasteiger partial charge in [0.15, 0.2) is 11.0 Å². The van der Waals surface area contributed by atoms with Crippen molar-refractivity contribution < 1.29 is 14.3 Å². The molecule has 170 valence electrons. The molecule has 2 aromatic rings. The molecule has 1 saturated carbocycles. The van der Waals surface area contributed by atoms with E-state index < -0.39 is 5.60 Å². The van der Waals surface area contributed by atoms with Gasteiger partial charge in [-0.15, -0.1) is 10.2 Å². The van der Waals surface area contributed by atoms with Gasteiger partial charge in [0.25, 0.3) is 0 Å². The van der Waals surface area contributed by atoms with Gasteiger partial charge in [-0.25, -0.2) is 4.79 Å². The zero-order valence-corrected chi connectivity index (χ0v) is 19.8. The first-order valence-electron chi connectivity index (χ1n) is 10.7. The van der Waals surface area contributed by atoms with Crippen molar-refractivity contribution in [3.05, 3.63) is 39.8 Å². The Hall–Kier alpha value is -2.32. The number of hydrogen-bond acceptors (Lipinski definition) is 7. The molecule has 1 aliphatic carbocycles.